The number of ether oxygens (including phenoxy) is 1. The third-order valence-corrected chi connectivity index (χ3v) is 5.53. The Labute approximate surface area is 135 Å². The number of hydrogen-bond acceptors (Lipinski definition) is 4. The first-order chi connectivity index (χ1) is 9.74. The van der Waals surface area contributed by atoms with Crippen molar-refractivity contribution in [2.24, 2.45) is 11.7 Å². The van der Waals surface area contributed by atoms with E-state index in [0.29, 0.717) is 10.6 Å². The van der Waals surface area contributed by atoms with Crippen LogP contribution in [0.2, 0.25) is 10.0 Å². The number of hydrogen-bond donors (Lipinski definition) is 2. The summed E-state index contributed by atoms with van der Waals surface area (Å²) < 4.78 is 32.6. The van der Waals surface area contributed by atoms with Crippen LogP contribution in [0.3, 0.4) is 0 Å². The Balaban J connectivity index is 3.19. The van der Waals surface area contributed by atoms with Crippen LogP contribution < -0.4 is 10.5 Å². The summed E-state index contributed by atoms with van der Waals surface area (Å²) in [5.74, 6) is 0.0692. The third kappa shape index (κ3) is 4.55. The highest BCUT2D eigenvalue weighted by Crippen LogP contribution is 2.31. The van der Waals surface area contributed by atoms with E-state index >= 15 is 0 Å². The van der Waals surface area contributed by atoms with Gasteiger partial charge in [-0.15, -0.1) is 0 Å². The van der Waals surface area contributed by atoms with E-state index in [9.17, 15) is 8.42 Å². The summed E-state index contributed by atoms with van der Waals surface area (Å²) in [6, 6.07) is 2.49. The van der Waals surface area contributed by atoms with Crippen LogP contribution >= 0.6 is 23.2 Å². The van der Waals surface area contributed by atoms with Gasteiger partial charge in [0, 0.05) is 30.3 Å². The Morgan fingerprint density at radius 1 is 1.33 bits per heavy atom. The molecule has 21 heavy (non-hydrogen) atoms. The molecule has 1 atom stereocenters. The Kier molecular flexibility index (Phi) is 6.90. The zero-order chi connectivity index (χ0) is 16.2. The van der Waals surface area contributed by atoms with Crippen molar-refractivity contribution in [3.8, 4) is 0 Å². The molecule has 0 fully saturated rings. The molecule has 1 unspecified atom stereocenters. The Bertz CT molecular complexity index is 591. The highest BCUT2D eigenvalue weighted by atomic mass is 35.5. The van der Waals surface area contributed by atoms with Gasteiger partial charge in [-0.1, -0.05) is 37.0 Å². The van der Waals surface area contributed by atoms with Crippen LogP contribution in [0.1, 0.15) is 19.4 Å². The maximum absolute atomic E-state index is 12.5. The van der Waals surface area contributed by atoms with Crippen molar-refractivity contribution in [1.29, 1.82) is 0 Å². The molecule has 0 amide bonds. The topological polar surface area (TPSA) is 81.4 Å². The minimum Gasteiger partial charge on any atom is -0.383 e. The smallest absolute Gasteiger partial charge is 0.242 e. The van der Waals surface area contributed by atoms with Gasteiger partial charge >= 0.3 is 0 Å². The van der Waals surface area contributed by atoms with Crippen LogP contribution in [-0.4, -0.2) is 28.2 Å². The van der Waals surface area contributed by atoms with Gasteiger partial charge in [0.05, 0.1) is 11.6 Å². The second-order valence-electron chi connectivity index (χ2n) is 4.97. The summed E-state index contributed by atoms with van der Waals surface area (Å²) in [4.78, 5) is -0.0317. The molecule has 5 nitrogen and oxygen atoms in total. The molecule has 1 aromatic rings. The van der Waals surface area contributed by atoms with Crippen LogP contribution in [0.4, 0.5) is 0 Å². The predicted molar refractivity (Wildman–Crippen MR) is 85.2 cm³/mol. The molecule has 3 N–H and O–H groups in total. The van der Waals surface area contributed by atoms with Gasteiger partial charge in [-0.05, 0) is 18.1 Å². The van der Waals surface area contributed by atoms with Crippen LogP contribution in [-0.2, 0) is 21.3 Å². The molecular formula is C13H20Cl2N2O3S. The molecular weight excluding hydrogens is 335 g/mol. The highest BCUT2D eigenvalue weighted by Gasteiger charge is 2.26. The number of rotatable bonds is 7. The van der Waals surface area contributed by atoms with Gasteiger partial charge in [0.1, 0.15) is 4.90 Å². The van der Waals surface area contributed by atoms with E-state index in [4.69, 9.17) is 33.7 Å². The monoisotopic (exact) mass is 354 g/mol. The van der Waals surface area contributed by atoms with Gasteiger partial charge in [0.2, 0.25) is 10.0 Å². The zero-order valence-electron chi connectivity index (χ0n) is 12.2. The Morgan fingerprint density at radius 2 is 1.95 bits per heavy atom. The van der Waals surface area contributed by atoms with Gasteiger partial charge in [0.25, 0.3) is 0 Å². The summed E-state index contributed by atoms with van der Waals surface area (Å²) in [5.41, 5.74) is 5.97. The largest absolute Gasteiger partial charge is 0.383 e. The Hall–Kier alpha value is -0.370. The fourth-order valence-corrected chi connectivity index (χ4v) is 4.08. The number of halogens is 2. The van der Waals surface area contributed by atoms with Crippen molar-refractivity contribution in [1.82, 2.24) is 4.72 Å². The minimum absolute atomic E-state index is 0.0317. The standard InChI is InChI=1S/C13H20Cl2N2O3S/c1-8(2)11(7-20-3)17-21(18,19)12-5-4-10(14)9(6-16)13(12)15/h4-5,8,11,17H,6-7,16H2,1-3H3. The second-order valence-corrected chi connectivity index (χ2v) is 7.44. The summed E-state index contributed by atoms with van der Waals surface area (Å²) in [7, 11) is -2.26. The number of benzene rings is 1. The van der Waals surface area contributed by atoms with Crippen molar-refractivity contribution in [2.45, 2.75) is 31.3 Å². The van der Waals surface area contributed by atoms with E-state index in [1.54, 1.807) is 0 Å². The molecule has 0 saturated heterocycles. The second kappa shape index (κ2) is 7.76. The molecule has 8 heteroatoms. The average molecular weight is 355 g/mol. The van der Waals surface area contributed by atoms with E-state index in [2.05, 4.69) is 4.72 Å². The molecule has 0 bridgehead atoms. The molecule has 0 aliphatic rings. The lowest BCUT2D eigenvalue weighted by Gasteiger charge is -2.22. The first-order valence-electron chi connectivity index (χ1n) is 6.42. The summed E-state index contributed by atoms with van der Waals surface area (Å²) in [5, 5.41) is 0.399. The average Bonchev–Trinajstić information content (AvgIpc) is 2.38. The van der Waals surface area contributed by atoms with Crippen LogP contribution in [0.15, 0.2) is 17.0 Å². The SMILES string of the molecule is COCC(NS(=O)(=O)c1ccc(Cl)c(CN)c1Cl)C(C)C. The number of nitrogens with two attached hydrogens (primary N) is 1. The third-order valence-electron chi connectivity index (χ3n) is 3.10. The van der Waals surface area contributed by atoms with Gasteiger partial charge in [-0.3, -0.25) is 0 Å². The summed E-state index contributed by atoms with van der Waals surface area (Å²) >= 11 is 12.1. The number of nitrogens with one attached hydrogen (secondary N) is 1. The van der Waals surface area contributed by atoms with Gasteiger partial charge in [-0.2, -0.15) is 0 Å². The molecule has 0 radical (unpaired) electrons. The zero-order valence-corrected chi connectivity index (χ0v) is 14.5. The van der Waals surface area contributed by atoms with E-state index in [1.165, 1.54) is 19.2 Å². The number of sulfonamides is 1. The fourth-order valence-electron chi connectivity index (χ4n) is 1.78. The lowest BCUT2D eigenvalue weighted by Crippen LogP contribution is -2.41. The summed E-state index contributed by atoms with van der Waals surface area (Å²) in [6.07, 6.45) is 0. The van der Waals surface area contributed by atoms with Crippen molar-refractivity contribution in [3.05, 3.63) is 27.7 Å². The van der Waals surface area contributed by atoms with Crippen molar-refractivity contribution in [3.63, 3.8) is 0 Å². The van der Waals surface area contributed by atoms with Crippen LogP contribution in [0.5, 0.6) is 0 Å². The molecule has 0 aromatic heterocycles. The molecule has 120 valence electrons. The van der Waals surface area contributed by atoms with Gasteiger partial charge in [-0.25, -0.2) is 13.1 Å². The molecule has 0 heterocycles. The van der Waals surface area contributed by atoms with Crippen molar-refractivity contribution >= 4 is 33.2 Å². The Morgan fingerprint density at radius 3 is 2.43 bits per heavy atom. The van der Waals surface area contributed by atoms with E-state index < -0.39 is 10.0 Å². The van der Waals surface area contributed by atoms with Gasteiger partial charge in [0.15, 0.2) is 0 Å². The first-order valence-corrected chi connectivity index (χ1v) is 8.66. The van der Waals surface area contributed by atoms with E-state index in [-0.39, 0.29) is 35.0 Å². The highest BCUT2D eigenvalue weighted by molar-refractivity contribution is 7.89. The lowest BCUT2D eigenvalue weighted by molar-refractivity contribution is 0.157. The predicted octanol–water partition coefficient (Wildman–Crippen LogP) is 2.40. The molecule has 0 aliphatic carbocycles. The normalized spacial score (nSPS) is 13.7. The van der Waals surface area contributed by atoms with Crippen LogP contribution in [0.25, 0.3) is 0 Å². The molecule has 0 saturated carbocycles. The van der Waals surface area contributed by atoms with E-state index in [1.807, 2.05) is 13.8 Å². The molecule has 1 aromatic carbocycles. The van der Waals surface area contributed by atoms with E-state index in [0.717, 1.165) is 0 Å². The quantitative estimate of drug-likeness (QED) is 0.787. The van der Waals surface area contributed by atoms with Crippen molar-refractivity contribution < 1.29 is 13.2 Å². The molecule has 1 rings (SSSR count). The fraction of sp³-hybridized carbons (Fsp3) is 0.538. The number of methoxy groups -OCH3 is 1. The molecule has 0 aliphatic heterocycles. The van der Waals surface area contributed by atoms with Crippen molar-refractivity contribution in [2.75, 3.05) is 13.7 Å². The first kappa shape index (κ1) is 18.7. The maximum Gasteiger partial charge on any atom is 0.242 e. The minimum atomic E-state index is -3.78. The maximum atomic E-state index is 12.5. The van der Waals surface area contributed by atoms with Crippen LogP contribution in [0, 0.1) is 5.92 Å². The lowest BCUT2D eigenvalue weighted by atomic mass is 10.1. The van der Waals surface area contributed by atoms with Gasteiger partial charge < -0.3 is 10.5 Å². The molecule has 0 spiro atoms. The summed E-state index contributed by atoms with van der Waals surface area (Å²) in [6.45, 7) is 4.14.